The Balaban J connectivity index is 2.95. The van der Waals surface area contributed by atoms with Crippen molar-refractivity contribution in [1.82, 2.24) is 5.32 Å². The zero-order chi connectivity index (χ0) is 13.9. The van der Waals surface area contributed by atoms with Crippen LogP contribution in [0.3, 0.4) is 0 Å². The highest BCUT2D eigenvalue weighted by molar-refractivity contribution is 8.13. The van der Waals surface area contributed by atoms with Crippen LogP contribution in [-0.4, -0.2) is 20.9 Å². The molecule has 0 aliphatic carbocycles. The first-order chi connectivity index (χ1) is 8.21. The Morgan fingerprint density at radius 2 is 2.00 bits per heavy atom. The minimum absolute atomic E-state index is 0.0320. The second kappa shape index (κ2) is 5.71. The molecule has 0 saturated carbocycles. The van der Waals surface area contributed by atoms with E-state index in [1.54, 1.807) is 6.92 Å². The normalized spacial score (nSPS) is 11.6. The van der Waals surface area contributed by atoms with Crippen molar-refractivity contribution in [3.63, 3.8) is 0 Å². The minimum Gasteiger partial charge on any atom is -0.352 e. The summed E-state index contributed by atoms with van der Waals surface area (Å²) in [5.41, 5.74) is 0.888. The van der Waals surface area contributed by atoms with Crippen molar-refractivity contribution < 1.29 is 13.2 Å². The van der Waals surface area contributed by atoms with E-state index in [-0.39, 0.29) is 10.8 Å². The standard InChI is InChI=1S/C12H16ClNO3S/c1-8(2)7-14-12(15)10-4-5-11(9(3)6-10)18(13,16)17/h4-6,8H,7H2,1-3H3,(H,14,15). The lowest BCUT2D eigenvalue weighted by molar-refractivity contribution is 0.0949. The molecular weight excluding hydrogens is 274 g/mol. The predicted molar refractivity (Wildman–Crippen MR) is 71.4 cm³/mol. The molecule has 0 spiro atoms. The quantitative estimate of drug-likeness (QED) is 0.865. The molecule has 1 aromatic carbocycles. The van der Waals surface area contributed by atoms with Crippen molar-refractivity contribution in [3.8, 4) is 0 Å². The topological polar surface area (TPSA) is 63.2 Å². The first kappa shape index (κ1) is 15.0. The van der Waals surface area contributed by atoms with Gasteiger partial charge in [0.25, 0.3) is 15.0 Å². The van der Waals surface area contributed by atoms with Gasteiger partial charge in [-0.25, -0.2) is 8.42 Å². The van der Waals surface area contributed by atoms with Crippen molar-refractivity contribution in [2.24, 2.45) is 5.92 Å². The average molecular weight is 290 g/mol. The maximum atomic E-state index is 11.8. The van der Waals surface area contributed by atoms with Gasteiger partial charge in [0.05, 0.1) is 4.90 Å². The van der Waals surface area contributed by atoms with Crippen LogP contribution < -0.4 is 5.32 Å². The van der Waals surface area contributed by atoms with Gasteiger partial charge in [-0.15, -0.1) is 0 Å². The third-order valence-corrected chi connectivity index (χ3v) is 3.85. The number of halogens is 1. The molecule has 0 aliphatic heterocycles. The van der Waals surface area contributed by atoms with Gasteiger partial charge < -0.3 is 5.32 Å². The Morgan fingerprint density at radius 1 is 1.39 bits per heavy atom. The van der Waals surface area contributed by atoms with Crippen LogP contribution in [0.2, 0.25) is 0 Å². The number of carbonyl (C=O) groups is 1. The molecule has 0 heterocycles. The summed E-state index contributed by atoms with van der Waals surface area (Å²) in [6, 6.07) is 4.32. The zero-order valence-electron chi connectivity index (χ0n) is 10.5. The number of carbonyl (C=O) groups excluding carboxylic acids is 1. The molecule has 1 N–H and O–H groups in total. The molecule has 0 aliphatic rings. The molecule has 0 fully saturated rings. The number of benzene rings is 1. The third-order valence-electron chi connectivity index (χ3n) is 2.37. The van der Waals surface area contributed by atoms with Crippen molar-refractivity contribution in [1.29, 1.82) is 0 Å². The minimum atomic E-state index is -3.76. The first-order valence-electron chi connectivity index (χ1n) is 5.55. The van der Waals surface area contributed by atoms with E-state index in [1.165, 1.54) is 18.2 Å². The highest BCUT2D eigenvalue weighted by Gasteiger charge is 2.15. The summed E-state index contributed by atoms with van der Waals surface area (Å²) >= 11 is 0. The largest absolute Gasteiger partial charge is 0.352 e. The fourth-order valence-corrected chi connectivity index (χ4v) is 2.66. The molecule has 0 aromatic heterocycles. The number of hydrogen-bond donors (Lipinski definition) is 1. The maximum Gasteiger partial charge on any atom is 0.261 e. The number of rotatable bonds is 4. The maximum absolute atomic E-state index is 11.8. The van der Waals surface area contributed by atoms with Crippen molar-refractivity contribution >= 4 is 25.6 Å². The van der Waals surface area contributed by atoms with Crippen LogP contribution in [0.15, 0.2) is 23.1 Å². The predicted octanol–water partition coefficient (Wildman–Crippen LogP) is 2.31. The molecule has 4 nitrogen and oxygen atoms in total. The van der Waals surface area contributed by atoms with Gasteiger partial charge in [0.15, 0.2) is 0 Å². The van der Waals surface area contributed by atoms with Crippen LogP contribution in [-0.2, 0) is 9.05 Å². The van der Waals surface area contributed by atoms with Crippen LogP contribution in [0.4, 0.5) is 0 Å². The molecule has 0 radical (unpaired) electrons. The number of amides is 1. The average Bonchev–Trinajstić information content (AvgIpc) is 2.23. The zero-order valence-corrected chi connectivity index (χ0v) is 12.1. The second-order valence-corrected chi connectivity index (χ2v) is 7.06. The van der Waals surface area contributed by atoms with Gasteiger partial charge in [0.2, 0.25) is 0 Å². The van der Waals surface area contributed by atoms with Crippen LogP contribution in [0.25, 0.3) is 0 Å². The summed E-state index contributed by atoms with van der Waals surface area (Å²) in [6.07, 6.45) is 0. The molecule has 1 amide bonds. The lowest BCUT2D eigenvalue weighted by Crippen LogP contribution is -2.27. The van der Waals surface area contributed by atoms with E-state index in [4.69, 9.17) is 10.7 Å². The lowest BCUT2D eigenvalue weighted by atomic mass is 10.1. The summed E-state index contributed by atoms with van der Waals surface area (Å²) in [6.45, 7) is 6.17. The Labute approximate surface area is 112 Å². The number of aryl methyl sites for hydroxylation is 1. The lowest BCUT2D eigenvalue weighted by Gasteiger charge is -2.09. The summed E-state index contributed by atoms with van der Waals surface area (Å²) in [5, 5.41) is 2.76. The second-order valence-electron chi connectivity index (χ2n) is 4.52. The van der Waals surface area contributed by atoms with Crippen LogP contribution in [0, 0.1) is 12.8 Å². The Bertz CT molecular complexity index is 552. The fourth-order valence-electron chi connectivity index (χ4n) is 1.46. The van der Waals surface area contributed by atoms with E-state index in [0.717, 1.165) is 0 Å². The highest BCUT2D eigenvalue weighted by Crippen LogP contribution is 2.20. The molecule has 6 heteroatoms. The van der Waals surface area contributed by atoms with Crippen molar-refractivity contribution in [2.75, 3.05) is 6.54 Å². The van der Waals surface area contributed by atoms with Crippen molar-refractivity contribution in [3.05, 3.63) is 29.3 Å². The third kappa shape index (κ3) is 3.99. The molecule has 0 saturated heterocycles. The van der Waals surface area contributed by atoms with Gasteiger partial charge >= 0.3 is 0 Å². The van der Waals surface area contributed by atoms with Gasteiger partial charge in [-0.1, -0.05) is 13.8 Å². The smallest absolute Gasteiger partial charge is 0.261 e. The van der Waals surface area contributed by atoms with E-state index in [0.29, 0.717) is 23.6 Å². The summed E-state index contributed by atoms with van der Waals surface area (Å²) in [5.74, 6) is 0.142. The number of nitrogens with one attached hydrogen (secondary N) is 1. The summed E-state index contributed by atoms with van der Waals surface area (Å²) in [4.78, 5) is 11.8. The Morgan fingerprint density at radius 3 is 2.44 bits per heavy atom. The number of hydrogen-bond acceptors (Lipinski definition) is 3. The molecule has 18 heavy (non-hydrogen) atoms. The Kier molecular flexibility index (Phi) is 4.76. The molecule has 100 valence electrons. The first-order valence-corrected chi connectivity index (χ1v) is 7.86. The molecule has 0 atom stereocenters. The van der Waals surface area contributed by atoms with Crippen molar-refractivity contribution in [2.45, 2.75) is 25.7 Å². The van der Waals surface area contributed by atoms with E-state index >= 15 is 0 Å². The van der Waals surface area contributed by atoms with Gasteiger partial charge in [0.1, 0.15) is 0 Å². The van der Waals surface area contributed by atoms with E-state index in [1.807, 2.05) is 13.8 Å². The van der Waals surface area contributed by atoms with E-state index < -0.39 is 9.05 Å². The van der Waals surface area contributed by atoms with Crippen LogP contribution in [0.5, 0.6) is 0 Å². The molecule has 1 rings (SSSR count). The molecule has 1 aromatic rings. The van der Waals surface area contributed by atoms with Gasteiger partial charge in [-0.3, -0.25) is 4.79 Å². The Hall–Kier alpha value is -1.07. The monoisotopic (exact) mass is 289 g/mol. The SMILES string of the molecule is Cc1cc(C(=O)NCC(C)C)ccc1S(=O)(=O)Cl. The van der Waals surface area contributed by atoms with Crippen LogP contribution >= 0.6 is 10.7 Å². The van der Waals surface area contributed by atoms with Gasteiger partial charge in [0, 0.05) is 22.8 Å². The highest BCUT2D eigenvalue weighted by atomic mass is 35.7. The van der Waals surface area contributed by atoms with Crippen LogP contribution in [0.1, 0.15) is 29.8 Å². The molecule has 0 unspecified atom stereocenters. The van der Waals surface area contributed by atoms with Gasteiger partial charge in [-0.05, 0) is 36.6 Å². The van der Waals surface area contributed by atoms with Gasteiger partial charge in [-0.2, -0.15) is 0 Å². The summed E-state index contributed by atoms with van der Waals surface area (Å²) < 4.78 is 22.4. The van der Waals surface area contributed by atoms with E-state index in [2.05, 4.69) is 5.32 Å². The summed E-state index contributed by atoms with van der Waals surface area (Å²) in [7, 11) is 1.51. The van der Waals surface area contributed by atoms with E-state index in [9.17, 15) is 13.2 Å². The molecule has 0 bridgehead atoms. The fraction of sp³-hybridized carbons (Fsp3) is 0.417. The molecular formula is C12H16ClNO3S.